The highest BCUT2D eigenvalue weighted by atomic mass is 19.2. The first-order chi connectivity index (χ1) is 14.0. The van der Waals surface area contributed by atoms with Crippen LogP contribution in [0.3, 0.4) is 0 Å². The first kappa shape index (κ1) is 20.7. The Morgan fingerprint density at radius 1 is 0.966 bits per heavy atom. The van der Waals surface area contributed by atoms with Gasteiger partial charge in [-0.05, 0) is 42.7 Å². The number of nitrogens with zero attached hydrogens (tertiary/aromatic N) is 1. The van der Waals surface area contributed by atoms with Gasteiger partial charge in [0.2, 0.25) is 0 Å². The lowest BCUT2D eigenvalue weighted by molar-refractivity contribution is -0.136. The standard InChI is InChI=1S/C21H23F2N3O3/c22-18-8-5-16(14-19(18)23)25-21(28)20(27)24-9-1-2-15-3-6-17(7-4-15)26-10-12-29-13-11-26/h3-8,14H,1-2,9-13H2,(H,24,27)(H,25,28). The van der Waals surface area contributed by atoms with Gasteiger partial charge in [-0.25, -0.2) is 8.78 Å². The molecule has 0 unspecified atom stereocenters. The van der Waals surface area contributed by atoms with Crippen molar-refractivity contribution < 1.29 is 23.1 Å². The molecule has 1 saturated heterocycles. The van der Waals surface area contributed by atoms with Gasteiger partial charge in [-0.15, -0.1) is 0 Å². The summed E-state index contributed by atoms with van der Waals surface area (Å²) in [6.07, 6.45) is 1.43. The van der Waals surface area contributed by atoms with Gasteiger partial charge in [-0.2, -0.15) is 0 Å². The fourth-order valence-corrected chi connectivity index (χ4v) is 3.03. The maximum absolute atomic E-state index is 13.1. The summed E-state index contributed by atoms with van der Waals surface area (Å²) >= 11 is 0. The zero-order valence-electron chi connectivity index (χ0n) is 15.9. The lowest BCUT2D eigenvalue weighted by Crippen LogP contribution is -2.36. The first-order valence-corrected chi connectivity index (χ1v) is 9.49. The van der Waals surface area contributed by atoms with Crippen LogP contribution in [0.4, 0.5) is 20.2 Å². The molecule has 1 fully saturated rings. The second kappa shape index (κ2) is 9.97. The van der Waals surface area contributed by atoms with Crippen LogP contribution in [-0.4, -0.2) is 44.7 Å². The highest BCUT2D eigenvalue weighted by Gasteiger charge is 2.14. The third-order valence-corrected chi connectivity index (χ3v) is 4.62. The van der Waals surface area contributed by atoms with Crippen molar-refractivity contribution in [2.75, 3.05) is 43.1 Å². The van der Waals surface area contributed by atoms with Crippen molar-refractivity contribution in [1.29, 1.82) is 0 Å². The van der Waals surface area contributed by atoms with Gasteiger partial charge in [0.25, 0.3) is 0 Å². The Morgan fingerprint density at radius 2 is 1.69 bits per heavy atom. The molecular formula is C21H23F2N3O3. The molecule has 1 heterocycles. The van der Waals surface area contributed by atoms with Crippen LogP contribution >= 0.6 is 0 Å². The number of ether oxygens (including phenoxy) is 1. The molecule has 1 aliphatic heterocycles. The van der Waals surface area contributed by atoms with Gasteiger partial charge in [0.05, 0.1) is 13.2 Å². The molecule has 29 heavy (non-hydrogen) atoms. The van der Waals surface area contributed by atoms with Gasteiger partial charge in [0.15, 0.2) is 11.6 Å². The molecule has 2 amide bonds. The molecule has 6 nitrogen and oxygen atoms in total. The average molecular weight is 403 g/mol. The van der Waals surface area contributed by atoms with Crippen LogP contribution in [-0.2, 0) is 20.7 Å². The van der Waals surface area contributed by atoms with E-state index in [4.69, 9.17) is 4.74 Å². The summed E-state index contributed by atoms with van der Waals surface area (Å²) in [5, 5.41) is 4.76. The average Bonchev–Trinajstić information content (AvgIpc) is 2.74. The van der Waals surface area contributed by atoms with Crippen molar-refractivity contribution in [2.45, 2.75) is 12.8 Å². The highest BCUT2D eigenvalue weighted by molar-refractivity contribution is 6.39. The van der Waals surface area contributed by atoms with Gasteiger partial charge >= 0.3 is 11.8 Å². The largest absolute Gasteiger partial charge is 0.378 e. The Bertz CT molecular complexity index is 853. The van der Waals surface area contributed by atoms with Crippen molar-refractivity contribution in [2.24, 2.45) is 0 Å². The lowest BCUT2D eigenvalue weighted by atomic mass is 10.1. The third kappa shape index (κ3) is 5.99. The van der Waals surface area contributed by atoms with E-state index in [0.29, 0.717) is 13.0 Å². The zero-order chi connectivity index (χ0) is 20.6. The zero-order valence-corrected chi connectivity index (χ0v) is 15.9. The number of hydrogen-bond acceptors (Lipinski definition) is 4. The quantitative estimate of drug-likeness (QED) is 0.574. The fraction of sp³-hybridized carbons (Fsp3) is 0.333. The Balaban J connectivity index is 1.38. The molecule has 2 aromatic rings. The van der Waals surface area contributed by atoms with E-state index >= 15 is 0 Å². The summed E-state index contributed by atoms with van der Waals surface area (Å²) in [4.78, 5) is 25.9. The predicted octanol–water partition coefficient (Wildman–Crippen LogP) is 2.49. The topological polar surface area (TPSA) is 70.7 Å². The van der Waals surface area contributed by atoms with Crippen LogP contribution in [0, 0.1) is 11.6 Å². The molecule has 1 aliphatic rings. The third-order valence-electron chi connectivity index (χ3n) is 4.62. The maximum Gasteiger partial charge on any atom is 0.313 e. The summed E-state index contributed by atoms with van der Waals surface area (Å²) < 4.78 is 31.4. The number of carbonyl (C=O) groups is 2. The number of amides is 2. The van der Waals surface area contributed by atoms with Crippen molar-refractivity contribution in [3.8, 4) is 0 Å². The normalized spacial score (nSPS) is 13.8. The second-order valence-corrected chi connectivity index (χ2v) is 6.71. The molecule has 0 radical (unpaired) electrons. The van der Waals surface area contributed by atoms with Crippen LogP contribution in [0.1, 0.15) is 12.0 Å². The van der Waals surface area contributed by atoms with E-state index in [2.05, 4.69) is 39.8 Å². The number of benzene rings is 2. The van der Waals surface area contributed by atoms with E-state index in [9.17, 15) is 18.4 Å². The van der Waals surface area contributed by atoms with Crippen molar-refractivity contribution in [3.63, 3.8) is 0 Å². The van der Waals surface area contributed by atoms with Crippen LogP contribution in [0.2, 0.25) is 0 Å². The van der Waals surface area contributed by atoms with E-state index in [-0.39, 0.29) is 5.69 Å². The minimum Gasteiger partial charge on any atom is -0.378 e. The summed E-state index contributed by atoms with van der Waals surface area (Å²) in [5.74, 6) is -3.86. The van der Waals surface area contributed by atoms with Crippen LogP contribution in [0.25, 0.3) is 0 Å². The Morgan fingerprint density at radius 3 is 2.38 bits per heavy atom. The molecule has 0 aliphatic carbocycles. The maximum atomic E-state index is 13.1. The summed E-state index contributed by atoms with van der Waals surface area (Å²) in [7, 11) is 0. The molecule has 8 heteroatoms. The van der Waals surface area contributed by atoms with Crippen molar-refractivity contribution >= 4 is 23.2 Å². The predicted molar refractivity (Wildman–Crippen MR) is 106 cm³/mol. The lowest BCUT2D eigenvalue weighted by Gasteiger charge is -2.28. The number of morpholine rings is 1. The van der Waals surface area contributed by atoms with Crippen molar-refractivity contribution in [3.05, 3.63) is 59.7 Å². The van der Waals surface area contributed by atoms with E-state index in [1.54, 1.807) is 0 Å². The van der Waals surface area contributed by atoms with Crippen molar-refractivity contribution in [1.82, 2.24) is 5.32 Å². The Hall–Kier alpha value is -3.00. The summed E-state index contributed by atoms with van der Waals surface area (Å²) in [5.41, 5.74) is 2.33. The summed E-state index contributed by atoms with van der Waals surface area (Å²) in [6, 6.07) is 11.2. The molecular weight excluding hydrogens is 380 g/mol. The van der Waals surface area contributed by atoms with E-state index in [1.165, 1.54) is 11.8 Å². The molecule has 0 bridgehead atoms. The first-order valence-electron chi connectivity index (χ1n) is 9.49. The molecule has 3 rings (SSSR count). The van der Waals surface area contributed by atoms with E-state index < -0.39 is 23.4 Å². The van der Waals surface area contributed by atoms with Crippen LogP contribution in [0.15, 0.2) is 42.5 Å². The highest BCUT2D eigenvalue weighted by Crippen LogP contribution is 2.17. The number of nitrogens with one attached hydrogen (secondary N) is 2. The molecule has 0 aromatic heterocycles. The fourth-order valence-electron chi connectivity index (χ4n) is 3.03. The van der Waals surface area contributed by atoms with Gasteiger partial charge in [0.1, 0.15) is 0 Å². The summed E-state index contributed by atoms with van der Waals surface area (Å²) in [6.45, 7) is 3.58. The van der Waals surface area contributed by atoms with Gasteiger partial charge in [0, 0.05) is 37.1 Å². The van der Waals surface area contributed by atoms with Gasteiger partial charge in [-0.3, -0.25) is 9.59 Å². The number of rotatable bonds is 6. The Kier molecular flexibility index (Phi) is 7.13. The Labute approximate surface area is 167 Å². The molecule has 0 spiro atoms. The molecule has 2 N–H and O–H groups in total. The SMILES string of the molecule is O=C(NCCCc1ccc(N2CCOCC2)cc1)C(=O)Nc1ccc(F)c(F)c1. The smallest absolute Gasteiger partial charge is 0.313 e. The van der Waals surface area contributed by atoms with Crippen LogP contribution < -0.4 is 15.5 Å². The molecule has 2 aromatic carbocycles. The van der Waals surface area contributed by atoms with Gasteiger partial charge in [-0.1, -0.05) is 12.1 Å². The molecule has 0 saturated carbocycles. The number of halogens is 2. The minimum absolute atomic E-state index is 0.0180. The number of aryl methyl sites for hydroxylation is 1. The van der Waals surface area contributed by atoms with Gasteiger partial charge < -0.3 is 20.3 Å². The van der Waals surface area contributed by atoms with E-state index in [1.807, 2.05) is 0 Å². The van der Waals surface area contributed by atoms with E-state index in [0.717, 1.165) is 50.4 Å². The number of anilines is 2. The number of carbonyl (C=O) groups excluding carboxylic acids is 2. The second-order valence-electron chi connectivity index (χ2n) is 6.71. The number of hydrogen-bond donors (Lipinski definition) is 2. The monoisotopic (exact) mass is 403 g/mol. The molecule has 0 atom stereocenters. The molecule has 154 valence electrons. The van der Waals surface area contributed by atoms with Crippen LogP contribution in [0.5, 0.6) is 0 Å². The minimum atomic E-state index is -1.09.